The highest BCUT2D eigenvalue weighted by atomic mass is 14.7. The molecule has 0 saturated heterocycles. The molecule has 3 aromatic carbocycles. The van der Waals surface area contributed by atoms with E-state index < -0.39 is 0 Å². The molecule has 0 unspecified atom stereocenters. The maximum atomic E-state index is 5.08. The van der Waals surface area contributed by atoms with Gasteiger partial charge in [0, 0.05) is 32.3 Å². The van der Waals surface area contributed by atoms with Crippen molar-refractivity contribution in [2.75, 3.05) is 0 Å². The molecule has 12 bridgehead atoms. The van der Waals surface area contributed by atoms with Gasteiger partial charge in [0.2, 0.25) is 0 Å². The molecule has 0 atom stereocenters. The summed E-state index contributed by atoms with van der Waals surface area (Å²) in [6.45, 7) is 2.12. The highest BCUT2D eigenvalue weighted by molar-refractivity contribution is 5.96. The molecule has 7 aromatic rings. The Hall–Kier alpha value is -4.89. The van der Waals surface area contributed by atoms with Gasteiger partial charge in [0.25, 0.3) is 0 Å². The Balaban J connectivity index is 1.73. The van der Waals surface area contributed by atoms with Crippen LogP contribution in [0.2, 0.25) is 0 Å². The van der Waals surface area contributed by atoms with Gasteiger partial charge < -0.3 is 0 Å². The predicted octanol–water partition coefficient (Wildman–Crippen LogP) is 8.79. The maximum Gasteiger partial charge on any atom is 0.0712 e. The Morgan fingerprint density at radius 1 is 0.324 bits per heavy atom. The smallest absolute Gasteiger partial charge is 0.0712 e. The zero-order valence-electron chi connectivity index (χ0n) is 20.4. The predicted molar refractivity (Wildman–Crippen MR) is 156 cm³/mol. The van der Waals surface area contributed by atoms with Gasteiger partial charge in [-0.25, -0.2) is 15.0 Å². The minimum absolute atomic E-state index is 0.936. The molecule has 0 radical (unpaired) electrons. The first-order chi connectivity index (χ1) is 18.2. The summed E-state index contributed by atoms with van der Waals surface area (Å²) in [6, 6.07) is 42.1. The Morgan fingerprint density at radius 2 is 0.595 bits per heavy atom. The van der Waals surface area contributed by atoms with Crippen molar-refractivity contribution < 1.29 is 0 Å². The Kier molecular flexibility index (Phi) is 5.00. The number of hydrogen-bond acceptors (Lipinski definition) is 3. The first kappa shape index (κ1) is 21.4. The van der Waals surface area contributed by atoms with Gasteiger partial charge in [-0.2, -0.15) is 0 Å². The number of pyridine rings is 3. The molecule has 3 nitrogen and oxygen atoms in total. The van der Waals surface area contributed by atoms with Gasteiger partial charge in [-0.05, 0) is 67.1 Å². The van der Waals surface area contributed by atoms with Gasteiger partial charge >= 0.3 is 0 Å². The molecule has 0 spiro atoms. The summed E-state index contributed by atoms with van der Waals surface area (Å²) < 4.78 is 0. The van der Waals surface area contributed by atoms with Crippen molar-refractivity contribution in [1.82, 2.24) is 15.0 Å². The standard InChI is InChI=1S/C34H23N3/c1-22-17-33-27-11-3-9-25(20-27)31-15-5-13-29(35-31)23-7-2-8-24(19-23)30-14-6-16-32(36-30)26-10-4-12-28(21-26)34(18-22)37-33/h2-21H,1H3. The van der Waals surface area contributed by atoms with Crippen LogP contribution in [0.5, 0.6) is 0 Å². The lowest BCUT2D eigenvalue weighted by Crippen LogP contribution is -1.84. The summed E-state index contributed by atoms with van der Waals surface area (Å²) in [6.07, 6.45) is 0. The van der Waals surface area contributed by atoms with Crippen molar-refractivity contribution in [2.24, 2.45) is 0 Å². The zero-order chi connectivity index (χ0) is 24.8. The minimum atomic E-state index is 0.936. The lowest BCUT2D eigenvalue weighted by Gasteiger charge is -2.02. The monoisotopic (exact) mass is 473 g/mol. The maximum absolute atomic E-state index is 5.08. The molecule has 4 heterocycles. The summed E-state index contributed by atoms with van der Waals surface area (Å²) in [5.74, 6) is 0. The van der Waals surface area contributed by atoms with Crippen LogP contribution in [0.4, 0.5) is 0 Å². The first-order valence-electron chi connectivity index (χ1n) is 12.4. The Morgan fingerprint density at radius 3 is 0.946 bits per heavy atom. The van der Waals surface area contributed by atoms with E-state index in [2.05, 4.69) is 128 Å². The molecule has 0 aliphatic carbocycles. The average molecular weight is 474 g/mol. The fourth-order valence-electron chi connectivity index (χ4n) is 4.99. The molecular formula is C34H23N3. The Labute approximate surface area is 214 Å². The van der Waals surface area contributed by atoms with E-state index in [9.17, 15) is 0 Å². The number of benzene rings is 3. The third-order valence-corrected chi connectivity index (χ3v) is 6.83. The van der Waals surface area contributed by atoms with Gasteiger partial charge in [0.15, 0.2) is 0 Å². The van der Waals surface area contributed by atoms with E-state index in [1.54, 1.807) is 0 Å². The van der Waals surface area contributed by atoms with Crippen LogP contribution in [0.25, 0.3) is 65.4 Å². The molecular weight excluding hydrogens is 450 g/mol. The zero-order valence-corrected chi connectivity index (χ0v) is 20.4. The normalized spacial score (nSPS) is 11.4. The van der Waals surface area contributed by atoms with E-state index in [4.69, 9.17) is 15.0 Å². The second kappa shape index (κ2) is 8.65. The van der Waals surface area contributed by atoms with Gasteiger partial charge in [0.05, 0.1) is 33.1 Å². The molecule has 37 heavy (non-hydrogen) atoms. The third-order valence-electron chi connectivity index (χ3n) is 6.83. The molecule has 0 aliphatic rings. The first-order valence-corrected chi connectivity index (χ1v) is 12.4. The van der Waals surface area contributed by atoms with Gasteiger partial charge in [-0.15, -0.1) is 0 Å². The van der Waals surface area contributed by atoms with E-state index in [0.717, 1.165) is 65.4 Å². The fraction of sp³-hybridized carbons (Fsp3) is 0.0294. The fourth-order valence-corrected chi connectivity index (χ4v) is 4.99. The SMILES string of the molecule is Cc1cc2nc(c1)c1cccc(c1)c1cccc(n1)c1cccc(c1)c1cccc(n1)c1cccc2c1. The summed E-state index contributed by atoms with van der Waals surface area (Å²) in [5, 5.41) is 6.41. The summed E-state index contributed by atoms with van der Waals surface area (Å²) >= 11 is 0. The van der Waals surface area contributed by atoms with Crippen LogP contribution in [0, 0.1) is 6.92 Å². The number of aryl methyl sites for hydroxylation is 1. The van der Waals surface area contributed by atoms with E-state index >= 15 is 0 Å². The average Bonchev–Trinajstić information content (AvgIpc) is 2.97. The number of hydrogen-bond donors (Lipinski definition) is 0. The van der Waals surface area contributed by atoms with Gasteiger partial charge in [0.1, 0.15) is 0 Å². The van der Waals surface area contributed by atoms with Crippen LogP contribution in [0.1, 0.15) is 5.56 Å². The van der Waals surface area contributed by atoms with E-state index in [1.807, 2.05) is 0 Å². The van der Waals surface area contributed by atoms with Crippen molar-refractivity contribution in [2.45, 2.75) is 6.92 Å². The molecule has 7 rings (SSSR count). The molecule has 174 valence electrons. The molecule has 0 saturated carbocycles. The minimum Gasteiger partial charge on any atom is -0.248 e. The van der Waals surface area contributed by atoms with Crippen molar-refractivity contribution in [3.63, 3.8) is 0 Å². The van der Waals surface area contributed by atoms with Crippen LogP contribution in [-0.4, -0.2) is 15.0 Å². The van der Waals surface area contributed by atoms with E-state index in [-0.39, 0.29) is 0 Å². The van der Waals surface area contributed by atoms with Gasteiger partial charge in [-0.1, -0.05) is 66.7 Å². The van der Waals surface area contributed by atoms with Crippen molar-refractivity contribution in [3.8, 4) is 0 Å². The Bertz CT molecular complexity index is 1970. The molecule has 0 aliphatic heterocycles. The second-order valence-corrected chi connectivity index (χ2v) is 9.47. The topological polar surface area (TPSA) is 38.7 Å². The van der Waals surface area contributed by atoms with Crippen molar-refractivity contribution in [3.05, 3.63) is 127 Å². The number of nitrogens with zero attached hydrogens (tertiary/aromatic N) is 3. The largest absolute Gasteiger partial charge is 0.248 e. The van der Waals surface area contributed by atoms with Crippen LogP contribution < -0.4 is 0 Å². The molecule has 3 heteroatoms. The van der Waals surface area contributed by atoms with Crippen molar-refractivity contribution in [1.29, 1.82) is 0 Å². The molecule has 0 amide bonds. The van der Waals surface area contributed by atoms with Crippen LogP contribution in [0.3, 0.4) is 0 Å². The lowest BCUT2D eigenvalue weighted by molar-refractivity contribution is 1.42. The van der Waals surface area contributed by atoms with E-state index in [0.29, 0.717) is 0 Å². The summed E-state index contributed by atoms with van der Waals surface area (Å²) in [5.41, 5.74) is 6.82. The third kappa shape index (κ3) is 4.01. The number of rotatable bonds is 0. The molecule has 0 fully saturated rings. The molecule has 4 aromatic heterocycles. The van der Waals surface area contributed by atoms with Crippen LogP contribution >= 0.6 is 0 Å². The van der Waals surface area contributed by atoms with Crippen LogP contribution in [0.15, 0.2) is 121 Å². The highest BCUT2D eigenvalue weighted by Gasteiger charge is 2.01. The van der Waals surface area contributed by atoms with Crippen LogP contribution in [-0.2, 0) is 0 Å². The summed E-state index contributed by atoms with van der Waals surface area (Å²) in [7, 11) is 0. The number of fused-ring (bicyclic) bond motifs is 18. The quantitative estimate of drug-likeness (QED) is 0.221. The lowest BCUT2D eigenvalue weighted by atomic mass is 10.1. The number of aromatic nitrogens is 3. The van der Waals surface area contributed by atoms with Crippen molar-refractivity contribution >= 4 is 65.4 Å². The highest BCUT2D eigenvalue weighted by Crippen LogP contribution is 2.23. The summed E-state index contributed by atoms with van der Waals surface area (Å²) in [4.78, 5) is 15.2. The van der Waals surface area contributed by atoms with Gasteiger partial charge in [-0.3, -0.25) is 0 Å². The second-order valence-electron chi connectivity index (χ2n) is 9.47. The molecule has 0 N–H and O–H groups in total. The van der Waals surface area contributed by atoms with E-state index in [1.165, 1.54) is 5.56 Å².